The molecule has 86 valence electrons. The molecule has 3 rings (SSSR count). The van der Waals surface area contributed by atoms with Crippen LogP contribution >= 0.6 is 0 Å². The number of carbonyl (C=O) groups is 1. The minimum Gasteiger partial charge on any atom is -0.805 e. The molecule has 0 aliphatic carbocycles. The van der Waals surface area contributed by atoms with Crippen LogP contribution in [0.2, 0.25) is 0 Å². The number of para-hydroxylation sites is 2. The highest BCUT2D eigenvalue weighted by atomic mass is 16.6. The number of aliphatic hydroxyl groups excluding tert-OH is 1. The quantitative estimate of drug-likeness (QED) is 0.513. The van der Waals surface area contributed by atoms with Gasteiger partial charge in [-0.15, -0.1) is 0 Å². The highest BCUT2D eigenvalue weighted by molar-refractivity contribution is 5.91. The normalized spacial score (nSPS) is 18.2. The van der Waals surface area contributed by atoms with E-state index in [4.69, 9.17) is 0 Å². The van der Waals surface area contributed by atoms with E-state index in [1.165, 1.54) is 12.1 Å². The summed E-state index contributed by atoms with van der Waals surface area (Å²) in [6, 6.07) is 5.98. The molecule has 1 N–H and O–H groups in total. The number of aromatic nitrogens is 2. The summed E-state index contributed by atoms with van der Waals surface area (Å²) in [5.41, 5.74) is -0.721. The third-order valence-corrected chi connectivity index (χ3v) is 2.63. The van der Waals surface area contributed by atoms with Crippen molar-refractivity contribution in [2.24, 2.45) is 0 Å². The van der Waals surface area contributed by atoms with Crippen molar-refractivity contribution >= 4 is 17.0 Å². The third kappa shape index (κ3) is 1.11. The van der Waals surface area contributed by atoms with Gasteiger partial charge >= 0.3 is 11.7 Å². The van der Waals surface area contributed by atoms with Crippen molar-refractivity contribution in [2.75, 3.05) is 0 Å². The van der Waals surface area contributed by atoms with Crippen LogP contribution in [0.15, 0.2) is 24.3 Å². The van der Waals surface area contributed by atoms with Crippen molar-refractivity contribution in [3.05, 3.63) is 45.8 Å². The lowest BCUT2D eigenvalue weighted by Gasteiger charge is -2.15. The summed E-state index contributed by atoms with van der Waals surface area (Å²) >= 11 is 0. The van der Waals surface area contributed by atoms with E-state index in [1.807, 2.05) is 0 Å². The van der Waals surface area contributed by atoms with Crippen molar-refractivity contribution in [3.63, 3.8) is 0 Å². The van der Waals surface area contributed by atoms with Gasteiger partial charge in [0.15, 0.2) is 5.69 Å². The Hall–Kier alpha value is -2.41. The SMILES string of the molecule is O=C1OC(O)c2c1[n+](=O)c1ccccc1n2[O-]. The van der Waals surface area contributed by atoms with Crippen molar-refractivity contribution in [3.8, 4) is 0 Å². The monoisotopic (exact) mass is 234 g/mol. The largest absolute Gasteiger partial charge is 0.805 e. The molecule has 1 unspecified atom stereocenters. The van der Waals surface area contributed by atoms with Crippen LogP contribution in [0, 0.1) is 10.1 Å². The van der Waals surface area contributed by atoms with Crippen LogP contribution in [0.3, 0.4) is 0 Å². The van der Waals surface area contributed by atoms with Gasteiger partial charge in [-0.25, -0.2) is 4.79 Å². The third-order valence-electron chi connectivity index (χ3n) is 2.63. The number of ether oxygens (including phenoxy) is 1. The molecule has 0 saturated carbocycles. The van der Waals surface area contributed by atoms with Crippen LogP contribution in [0.5, 0.6) is 0 Å². The number of fused-ring (bicyclic) bond motifs is 2. The number of carbonyl (C=O) groups excluding carboxylic acids is 1. The summed E-state index contributed by atoms with van der Waals surface area (Å²) < 4.78 is 5.08. The minimum atomic E-state index is -1.69. The summed E-state index contributed by atoms with van der Waals surface area (Å²) in [6.07, 6.45) is -1.69. The Morgan fingerprint density at radius 3 is 2.88 bits per heavy atom. The Balaban J connectivity index is 2.58. The Kier molecular flexibility index (Phi) is 1.75. The summed E-state index contributed by atoms with van der Waals surface area (Å²) in [4.78, 5) is 23.2. The maximum atomic E-state index is 11.9. The number of aliphatic hydroxyl groups is 1. The van der Waals surface area contributed by atoms with Gasteiger partial charge in [-0.2, -0.15) is 0 Å². The van der Waals surface area contributed by atoms with Gasteiger partial charge in [-0.05, 0) is 6.07 Å². The molecule has 1 aromatic carbocycles. The molecule has 1 aliphatic rings. The number of hydrogen-bond acceptors (Lipinski definition) is 5. The fourth-order valence-electron chi connectivity index (χ4n) is 1.88. The fourth-order valence-corrected chi connectivity index (χ4v) is 1.88. The van der Waals surface area contributed by atoms with E-state index in [2.05, 4.69) is 4.74 Å². The lowest BCUT2D eigenvalue weighted by Crippen LogP contribution is -2.27. The van der Waals surface area contributed by atoms with Crippen LogP contribution in [-0.4, -0.2) is 15.8 Å². The van der Waals surface area contributed by atoms with Crippen molar-refractivity contribution in [1.82, 2.24) is 4.73 Å². The van der Waals surface area contributed by atoms with E-state index in [1.54, 1.807) is 12.1 Å². The molecule has 2 aromatic rings. The van der Waals surface area contributed by atoms with Crippen LogP contribution in [0.1, 0.15) is 22.5 Å². The first-order valence-electron chi connectivity index (χ1n) is 4.78. The standard InChI is InChI=1S/C10H6N2O5/c13-9-7-8(10(14)17-9)12(16)6-4-2-1-3-5(6)11(7)15/h1-4,9,13H. The number of nitrogens with zero attached hydrogens (tertiary/aromatic N) is 2. The second-order valence-corrected chi connectivity index (χ2v) is 3.57. The first-order chi connectivity index (χ1) is 8.11. The summed E-state index contributed by atoms with van der Waals surface area (Å²) in [6.45, 7) is 0. The van der Waals surface area contributed by atoms with Crippen LogP contribution in [-0.2, 0) is 4.74 Å². The van der Waals surface area contributed by atoms with Crippen molar-refractivity contribution in [2.45, 2.75) is 6.29 Å². The van der Waals surface area contributed by atoms with Gasteiger partial charge in [0.1, 0.15) is 5.52 Å². The van der Waals surface area contributed by atoms with Crippen LogP contribution < -0.4 is 4.43 Å². The first kappa shape index (κ1) is 9.79. The average molecular weight is 234 g/mol. The lowest BCUT2D eigenvalue weighted by molar-refractivity contribution is -0.468. The number of rotatable bonds is 0. The highest BCUT2D eigenvalue weighted by Crippen LogP contribution is 2.27. The molecule has 17 heavy (non-hydrogen) atoms. The Bertz CT molecular complexity index is 706. The van der Waals surface area contributed by atoms with E-state index in [0.29, 0.717) is 9.16 Å². The zero-order valence-corrected chi connectivity index (χ0v) is 8.36. The Morgan fingerprint density at radius 1 is 1.41 bits per heavy atom. The number of cyclic esters (lactones) is 1. The molecule has 0 spiro atoms. The van der Waals surface area contributed by atoms with Gasteiger partial charge in [-0.3, -0.25) is 0 Å². The molecular formula is C10H6N2O5. The number of benzene rings is 1. The molecule has 0 radical (unpaired) electrons. The van der Waals surface area contributed by atoms with E-state index < -0.39 is 18.0 Å². The van der Waals surface area contributed by atoms with Crippen LogP contribution in [0.25, 0.3) is 11.0 Å². The van der Waals surface area contributed by atoms with Gasteiger partial charge in [0, 0.05) is 11.0 Å². The van der Waals surface area contributed by atoms with E-state index in [9.17, 15) is 20.0 Å². The summed E-state index contributed by atoms with van der Waals surface area (Å²) in [5, 5.41) is 21.3. The molecule has 7 heteroatoms. The molecule has 1 aliphatic heterocycles. The predicted molar refractivity (Wildman–Crippen MR) is 54.4 cm³/mol. The molecule has 7 nitrogen and oxygen atoms in total. The van der Waals surface area contributed by atoms with E-state index >= 15 is 0 Å². The van der Waals surface area contributed by atoms with E-state index in [-0.39, 0.29) is 16.7 Å². The molecule has 0 amide bonds. The Morgan fingerprint density at radius 2 is 2.12 bits per heavy atom. The molecule has 0 fully saturated rings. The molecule has 1 aromatic heterocycles. The smallest absolute Gasteiger partial charge is 0.413 e. The molecule has 0 saturated heterocycles. The topological polar surface area (TPSA) is 97.5 Å². The number of esters is 1. The van der Waals surface area contributed by atoms with Gasteiger partial charge in [0.2, 0.25) is 6.29 Å². The van der Waals surface area contributed by atoms with E-state index in [0.717, 1.165) is 0 Å². The van der Waals surface area contributed by atoms with Gasteiger partial charge in [0.25, 0.3) is 5.52 Å². The summed E-state index contributed by atoms with van der Waals surface area (Å²) in [7, 11) is 0. The molecule has 2 heterocycles. The maximum absolute atomic E-state index is 11.9. The average Bonchev–Trinajstić information content (AvgIpc) is 2.62. The molecule has 0 bridgehead atoms. The summed E-state index contributed by atoms with van der Waals surface area (Å²) in [5.74, 6) is -1.00. The highest BCUT2D eigenvalue weighted by Gasteiger charge is 2.42. The fraction of sp³-hybridized carbons (Fsp3) is 0.100. The zero-order valence-electron chi connectivity index (χ0n) is 8.36. The predicted octanol–water partition coefficient (Wildman–Crippen LogP) is 0.0630. The lowest BCUT2D eigenvalue weighted by atomic mass is 10.2. The molecular weight excluding hydrogens is 228 g/mol. The van der Waals surface area contributed by atoms with Crippen molar-refractivity contribution in [1.29, 1.82) is 0 Å². The van der Waals surface area contributed by atoms with Gasteiger partial charge < -0.3 is 19.8 Å². The van der Waals surface area contributed by atoms with Gasteiger partial charge in [-0.1, -0.05) is 12.1 Å². The zero-order chi connectivity index (χ0) is 12.2. The minimum absolute atomic E-state index is 0.0484. The van der Waals surface area contributed by atoms with Gasteiger partial charge in [0.05, 0.1) is 4.43 Å². The first-order valence-corrected chi connectivity index (χ1v) is 4.78. The van der Waals surface area contributed by atoms with Crippen LogP contribution in [0.4, 0.5) is 0 Å². The Labute approximate surface area is 93.7 Å². The number of hydrogen-bond donors (Lipinski definition) is 1. The van der Waals surface area contributed by atoms with Crippen molar-refractivity contribution < 1.29 is 19.1 Å². The molecule has 1 atom stereocenters. The maximum Gasteiger partial charge on any atom is 0.413 e. The second kappa shape index (κ2) is 3.05. The second-order valence-electron chi connectivity index (χ2n) is 3.57.